The number of sulfonamides is 1. The molecule has 1 aromatic heterocycles. The van der Waals surface area contributed by atoms with Crippen molar-refractivity contribution in [2.75, 3.05) is 12.8 Å². The number of para-hydroxylation sites is 2. The van der Waals surface area contributed by atoms with Crippen LogP contribution in [0.3, 0.4) is 0 Å². The molecule has 0 saturated carbocycles. The fourth-order valence-electron chi connectivity index (χ4n) is 4.33. The van der Waals surface area contributed by atoms with Crippen molar-refractivity contribution >= 4 is 27.1 Å². The van der Waals surface area contributed by atoms with Gasteiger partial charge in [0.1, 0.15) is 0 Å². The van der Waals surface area contributed by atoms with Crippen molar-refractivity contribution in [1.29, 1.82) is 0 Å². The van der Waals surface area contributed by atoms with Crippen LogP contribution >= 0.6 is 0 Å². The van der Waals surface area contributed by atoms with Crippen LogP contribution in [0.4, 0.5) is 4.79 Å². The van der Waals surface area contributed by atoms with E-state index in [0.717, 1.165) is 39.5 Å². The average molecular weight is 507 g/mol. The second kappa shape index (κ2) is 10.5. The highest BCUT2D eigenvalue weighted by molar-refractivity contribution is 7.88. The smallest absolute Gasteiger partial charge is 0.434 e. The molecule has 8 nitrogen and oxygen atoms in total. The maximum atomic E-state index is 12.0. The van der Waals surface area contributed by atoms with Crippen molar-refractivity contribution in [3.05, 3.63) is 101 Å². The zero-order chi connectivity index (χ0) is 25.9. The van der Waals surface area contributed by atoms with E-state index in [2.05, 4.69) is 9.71 Å². The SMILES string of the molecule is Cc1ccc(CC(CNS(C)(=O)=O)n2/c(=N\C(=O)O)n(Cc3ccc(C)cc3)c3ccccc32)cc1. The third-order valence-electron chi connectivity index (χ3n) is 6.08. The summed E-state index contributed by atoms with van der Waals surface area (Å²) >= 11 is 0. The van der Waals surface area contributed by atoms with E-state index in [0.29, 0.717) is 13.0 Å². The second-order valence-corrected chi connectivity index (χ2v) is 10.9. The van der Waals surface area contributed by atoms with Crippen LogP contribution < -0.4 is 10.3 Å². The number of hydrogen-bond donors (Lipinski definition) is 2. The van der Waals surface area contributed by atoms with E-state index in [1.165, 1.54) is 0 Å². The molecule has 3 aromatic carbocycles. The average Bonchev–Trinajstić information content (AvgIpc) is 3.11. The van der Waals surface area contributed by atoms with Gasteiger partial charge < -0.3 is 14.2 Å². The minimum absolute atomic E-state index is 0.0814. The molecule has 1 unspecified atom stereocenters. The molecule has 188 valence electrons. The first-order valence-electron chi connectivity index (χ1n) is 11.6. The summed E-state index contributed by atoms with van der Waals surface area (Å²) < 4.78 is 30.4. The first kappa shape index (κ1) is 25.4. The molecule has 0 aliphatic heterocycles. The summed E-state index contributed by atoms with van der Waals surface area (Å²) in [6.07, 6.45) is 0.277. The molecule has 1 atom stereocenters. The Labute approximate surface area is 210 Å². The van der Waals surface area contributed by atoms with Gasteiger partial charge in [0.15, 0.2) is 0 Å². The molecule has 9 heteroatoms. The maximum Gasteiger partial charge on any atom is 0.434 e. The van der Waals surface area contributed by atoms with Gasteiger partial charge in [0.2, 0.25) is 15.6 Å². The Hall–Kier alpha value is -3.69. The van der Waals surface area contributed by atoms with Crippen LogP contribution in [0, 0.1) is 13.8 Å². The third kappa shape index (κ3) is 6.10. The molecule has 36 heavy (non-hydrogen) atoms. The van der Waals surface area contributed by atoms with E-state index in [1.54, 1.807) is 0 Å². The van der Waals surface area contributed by atoms with Crippen molar-refractivity contribution in [2.24, 2.45) is 4.99 Å². The molecular weight excluding hydrogens is 476 g/mol. The molecular formula is C27H30N4O4S. The molecule has 0 aliphatic rings. The zero-order valence-corrected chi connectivity index (χ0v) is 21.4. The summed E-state index contributed by atoms with van der Waals surface area (Å²) in [6, 6.07) is 23.2. The molecule has 1 amide bonds. The number of nitrogens with zero attached hydrogens (tertiary/aromatic N) is 3. The van der Waals surface area contributed by atoms with E-state index in [-0.39, 0.29) is 12.2 Å². The number of fused-ring (bicyclic) bond motifs is 1. The number of aryl methyl sites for hydroxylation is 2. The number of rotatable bonds is 8. The van der Waals surface area contributed by atoms with Crippen LogP contribution in [0.15, 0.2) is 77.8 Å². The Kier molecular flexibility index (Phi) is 7.42. The fourth-order valence-corrected chi connectivity index (χ4v) is 4.83. The number of aromatic nitrogens is 2. The van der Waals surface area contributed by atoms with Crippen molar-refractivity contribution in [3.63, 3.8) is 0 Å². The number of carboxylic acid groups (broad SMARTS) is 1. The largest absolute Gasteiger partial charge is 0.463 e. The van der Waals surface area contributed by atoms with Crippen molar-refractivity contribution in [1.82, 2.24) is 13.9 Å². The third-order valence-corrected chi connectivity index (χ3v) is 6.78. The van der Waals surface area contributed by atoms with Gasteiger partial charge in [-0.25, -0.2) is 17.9 Å². The van der Waals surface area contributed by atoms with Gasteiger partial charge in [0.05, 0.1) is 29.9 Å². The molecule has 2 N–H and O–H groups in total. The lowest BCUT2D eigenvalue weighted by molar-refractivity contribution is 0.204. The minimum atomic E-state index is -3.48. The molecule has 0 bridgehead atoms. The highest BCUT2D eigenvalue weighted by atomic mass is 32.2. The minimum Gasteiger partial charge on any atom is -0.463 e. The zero-order valence-electron chi connectivity index (χ0n) is 20.5. The molecule has 0 spiro atoms. The van der Waals surface area contributed by atoms with Crippen molar-refractivity contribution in [2.45, 2.75) is 32.9 Å². The molecule has 4 aromatic rings. The molecule has 0 saturated heterocycles. The number of benzene rings is 3. The quantitative estimate of drug-likeness (QED) is 0.376. The first-order valence-corrected chi connectivity index (χ1v) is 13.5. The fraction of sp³-hybridized carbons (Fsp3) is 0.259. The summed E-state index contributed by atoms with van der Waals surface area (Å²) in [5.41, 5.74) is 6.09. The normalized spacial score (nSPS) is 13.2. The molecule has 0 radical (unpaired) electrons. The van der Waals surface area contributed by atoms with Gasteiger partial charge in [-0.05, 0) is 43.5 Å². The standard InChI is InChI=1S/C27H30N4O4S/c1-19-8-12-21(13-9-19)16-23(17-28-36(3,34)35)31-25-7-5-4-6-24(25)30(26(31)29-27(32)33)18-22-14-10-20(2)11-15-22/h4-15,23,28H,16-18H2,1-3H3,(H,32,33)/b29-26-. The second-order valence-electron chi connectivity index (χ2n) is 9.09. The van der Waals surface area contributed by atoms with Gasteiger partial charge in [0.25, 0.3) is 0 Å². The Morgan fingerprint density at radius 2 is 1.47 bits per heavy atom. The monoisotopic (exact) mass is 506 g/mol. The summed E-state index contributed by atoms with van der Waals surface area (Å²) in [5.74, 6) is 0. The molecule has 4 rings (SSSR count). The van der Waals surface area contributed by atoms with Gasteiger partial charge in [-0.15, -0.1) is 4.99 Å². The Balaban J connectivity index is 1.93. The van der Waals surface area contributed by atoms with Gasteiger partial charge in [-0.3, -0.25) is 0 Å². The summed E-state index contributed by atoms with van der Waals surface area (Å²) in [4.78, 5) is 15.9. The molecule has 0 aliphatic carbocycles. The van der Waals surface area contributed by atoms with Crippen LogP contribution in [0.1, 0.15) is 28.3 Å². The van der Waals surface area contributed by atoms with E-state index >= 15 is 0 Å². The number of nitrogens with one attached hydrogen (secondary N) is 1. The van der Waals surface area contributed by atoms with E-state index in [9.17, 15) is 18.3 Å². The lowest BCUT2D eigenvalue weighted by Crippen LogP contribution is -2.37. The summed E-state index contributed by atoms with van der Waals surface area (Å²) in [7, 11) is -3.48. The highest BCUT2D eigenvalue weighted by Gasteiger charge is 2.22. The predicted molar refractivity (Wildman–Crippen MR) is 141 cm³/mol. The Bertz CT molecular complexity index is 1550. The van der Waals surface area contributed by atoms with E-state index in [4.69, 9.17) is 0 Å². The van der Waals surface area contributed by atoms with Gasteiger partial charge in [-0.1, -0.05) is 71.8 Å². The highest BCUT2D eigenvalue weighted by Crippen LogP contribution is 2.22. The van der Waals surface area contributed by atoms with Crippen LogP contribution in [0.2, 0.25) is 0 Å². The predicted octanol–water partition coefficient (Wildman–Crippen LogP) is 4.02. The first-order chi connectivity index (χ1) is 17.1. The van der Waals surface area contributed by atoms with Gasteiger partial charge >= 0.3 is 6.09 Å². The maximum absolute atomic E-state index is 12.0. The summed E-state index contributed by atoms with van der Waals surface area (Å²) in [6.45, 7) is 4.51. The van der Waals surface area contributed by atoms with Gasteiger partial charge in [0, 0.05) is 6.54 Å². The van der Waals surface area contributed by atoms with Crippen LogP contribution in [-0.2, 0) is 23.0 Å². The Morgan fingerprint density at radius 3 is 2.03 bits per heavy atom. The van der Waals surface area contributed by atoms with Crippen LogP contribution in [-0.4, -0.2) is 41.6 Å². The lowest BCUT2D eigenvalue weighted by Gasteiger charge is -2.20. The topological polar surface area (TPSA) is 106 Å². The number of carbonyl (C=O) groups is 1. The lowest BCUT2D eigenvalue weighted by atomic mass is 10.0. The van der Waals surface area contributed by atoms with Crippen LogP contribution in [0.25, 0.3) is 11.0 Å². The van der Waals surface area contributed by atoms with E-state index < -0.39 is 22.2 Å². The van der Waals surface area contributed by atoms with Crippen molar-refractivity contribution in [3.8, 4) is 0 Å². The molecule has 0 fully saturated rings. The molecule has 1 heterocycles. The number of hydrogen-bond acceptors (Lipinski definition) is 3. The number of amides is 1. The summed E-state index contributed by atoms with van der Waals surface area (Å²) in [5, 5.41) is 9.70. The Morgan fingerprint density at radius 1 is 0.917 bits per heavy atom. The van der Waals surface area contributed by atoms with Gasteiger partial charge in [-0.2, -0.15) is 0 Å². The van der Waals surface area contributed by atoms with E-state index in [1.807, 2.05) is 95.8 Å². The number of imidazole rings is 1. The van der Waals surface area contributed by atoms with Crippen LogP contribution in [0.5, 0.6) is 0 Å². The van der Waals surface area contributed by atoms with Crippen molar-refractivity contribution < 1.29 is 18.3 Å².